The van der Waals surface area contributed by atoms with Gasteiger partial charge in [0.2, 0.25) is 0 Å². The van der Waals surface area contributed by atoms with Gasteiger partial charge in [0.15, 0.2) is 12.6 Å². The van der Waals surface area contributed by atoms with Crippen LogP contribution < -0.4 is 15.4 Å². The Hall–Kier alpha value is -1.27. The molecule has 0 aromatic heterocycles. The number of likely N-dealkylation sites (N-methyl/N-ethyl adjacent to an activating group) is 1. The van der Waals surface area contributed by atoms with E-state index in [4.69, 9.17) is 4.74 Å². The molecule has 0 saturated carbocycles. The molecule has 0 aliphatic carbocycles. The Balaban J connectivity index is 0.00000364. The summed E-state index contributed by atoms with van der Waals surface area (Å²) in [7, 11) is 3.74. The van der Waals surface area contributed by atoms with Crippen molar-refractivity contribution >= 4 is 29.9 Å². The summed E-state index contributed by atoms with van der Waals surface area (Å²) in [5, 5.41) is 6.38. The van der Waals surface area contributed by atoms with Crippen LogP contribution in [0.1, 0.15) is 5.56 Å². The number of rotatable bonds is 6. The van der Waals surface area contributed by atoms with Gasteiger partial charge in [-0.25, -0.2) is 0 Å². The fourth-order valence-corrected chi connectivity index (χ4v) is 2.48. The quantitative estimate of drug-likeness (QED) is 0.355. The Morgan fingerprint density at radius 3 is 2.59 bits per heavy atom. The molecule has 1 aromatic rings. The maximum Gasteiger partial charge on any atom is 0.422 e. The molecule has 0 amide bonds. The molecule has 1 saturated heterocycles. The number of aliphatic imine (C=N–C) groups is 1. The third-order valence-corrected chi connectivity index (χ3v) is 3.85. The number of hydrogen-bond donors (Lipinski definition) is 2. The average Bonchev–Trinajstić information content (AvgIpc) is 2.60. The fraction of sp³-hybridized carbons (Fsp3) is 0.588. The number of guanidine groups is 1. The van der Waals surface area contributed by atoms with Gasteiger partial charge >= 0.3 is 6.18 Å². The molecule has 0 spiro atoms. The van der Waals surface area contributed by atoms with E-state index in [-0.39, 0.29) is 35.8 Å². The number of halogens is 4. The highest BCUT2D eigenvalue weighted by atomic mass is 127. The lowest BCUT2D eigenvalue weighted by Crippen LogP contribution is -2.48. The van der Waals surface area contributed by atoms with Gasteiger partial charge in [-0.15, -0.1) is 24.0 Å². The molecule has 1 atom stereocenters. The third kappa shape index (κ3) is 9.47. The number of morpholine rings is 1. The molecule has 154 valence electrons. The minimum atomic E-state index is -4.34. The Bertz CT molecular complexity index is 585. The zero-order valence-corrected chi connectivity index (χ0v) is 17.7. The molecule has 1 heterocycles. The summed E-state index contributed by atoms with van der Waals surface area (Å²) in [6.07, 6.45) is -4.23. The van der Waals surface area contributed by atoms with Gasteiger partial charge in [-0.1, -0.05) is 12.1 Å². The first-order valence-electron chi connectivity index (χ1n) is 8.39. The van der Waals surface area contributed by atoms with E-state index in [9.17, 15) is 13.2 Å². The predicted octanol–water partition coefficient (Wildman–Crippen LogP) is 2.24. The van der Waals surface area contributed by atoms with Crippen molar-refractivity contribution in [3.63, 3.8) is 0 Å². The highest BCUT2D eigenvalue weighted by molar-refractivity contribution is 14.0. The van der Waals surface area contributed by atoms with Gasteiger partial charge in [0, 0.05) is 33.2 Å². The van der Waals surface area contributed by atoms with E-state index < -0.39 is 12.8 Å². The van der Waals surface area contributed by atoms with Crippen molar-refractivity contribution in [2.75, 3.05) is 46.9 Å². The lowest BCUT2D eigenvalue weighted by molar-refractivity contribution is -0.153. The van der Waals surface area contributed by atoms with Crippen LogP contribution >= 0.6 is 24.0 Å². The van der Waals surface area contributed by atoms with Crippen molar-refractivity contribution in [2.24, 2.45) is 4.99 Å². The second-order valence-corrected chi connectivity index (χ2v) is 6.11. The molecule has 1 aromatic carbocycles. The van der Waals surface area contributed by atoms with Crippen LogP contribution in [0.5, 0.6) is 5.75 Å². The first-order valence-corrected chi connectivity index (χ1v) is 8.39. The Kier molecular flexibility index (Phi) is 10.2. The zero-order chi connectivity index (χ0) is 19.0. The van der Waals surface area contributed by atoms with Crippen LogP contribution in [0, 0.1) is 0 Å². The zero-order valence-electron chi connectivity index (χ0n) is 15.4. The highest BCUT2D eigenvalue weighted by Crippen LogP contribution is 2.18. The van der Waals surface area contributed by atoms with Gasteiger partial charge < -0.3 is 25.0 Å². The molecule has 1 fully saturated rings. The molecular weight excluding hydrogens is 476 g/mol. The van der Waals surface area contributed by atoms with E-state index in [1.54, 1.807) is 19.2 Å². The van der Waals surface area contributed by atoms with E-state index in [2.05, 4.69) is 32.3 Å². The summed E-state index contributed by atoms with van der Waals surface area (Å²) in [6, 6.07) is 6.46. The van der Waals surface area contributed by atoms with E-state index in [1.165, 1.54) is 12.1 Å². The van der Waals surface area contributed by atoms with Crippen LogP contribution in [-0.4, -0.2) is 70.1 Å². The molecule has 0 bridgehead atoms. The van der Waals surface area contributed by atoms with E-state index in [0.717, 1.165) is 25.3 Å². The van der Waals surface area contributed by atoms with Crippen LogP contribution in [0.2, 0.25) is 0 Å². The first-order chi connectivity index (χ1) is 12.4. The van der Waals surface area contributed by atoms with Gasteiger partial charge in [0.25, 0.3) is 0 Å². The maximum atomic E-state index is 12.1. The van der Waals surface area contributed by atoms with E-state index in [0.29, 0.717) is 19.0 Å². The Morgan fingerprint density at radius 2 is 2.00 bits per heavy atom. The maximum absolute atomic E-state index is 12.1. The van der Waals surface area contributed by atoms with Crippen LogP contribution in [0.4, 0.5) is 13.2 Å². The normalized spacial score (nSPS) is 18.6. The van der Waals surface area contributed by atoms with Gasteiger partial charge in [0.05, 0.1) is 12.7 Å². The van der Waals surface area contributed by atoms with E-state index >= 15 is 0 Å². The number of ether oxygens (including phenoxy) is 2. The Labute approximate surface area is 174 Å². The smallest absolute Gasteiger partial charge is 0.422 e. The van der Waals surface area contributed by atoms with Crippen molar-refractivity contribution in [3.05, 3.63) is 29.8 Å². The number of benzene rings is 1. The van der Waals surface area contributed by atoms with Crippen LogP contribution in [0.3, 0.4) is 0 Å². The van der Waals surface area contributed by atoms with Gasteiger partial charge in [-0.05, 0) is 24.7 Å². The molecule has 27 heavy (non-hydrogen) atoms. The molecule has 10 heteroatoms. The van der Waals surface area contributed by atoms with Gasteiger partial charge in [-0.2, -0.15) is 13.2 Å². The second kappa shape index (κ2) is 11.5. The molecule has 2 rings (SSSR count). The molecule has 1 aliphatic heterocycles. The van der Waals surface area contributed by atoms with Crippen molar-refractivity contribution in [1.29, 1.82) is 0 Å². The SMILES string of the molecule is CN=C(NCc1ccc(OCC(F)(F)F)cc1)NCC1CN(C)CCO1.I. The van der Waals surface area contributed by atoms with Crippen LogP contribution in [0.25, 0.3) is 0 Å². The number of nitrogens with zero attached hydrogens (tertiary/aromatic N) is 2. The van der Waals surface area contributed by atoms with Crippen molar-refractivity contribution < 1.29 is 22.6 Å². The number of hydrogen-bond acceptors (Lipinski definition) is 4. The van der Waals surface area contributed by atoms with Gasteiger partial charge in [0.1, 0.15) is 5.75 Å². The monoisotopic (exact) mass is 502 g/mol. The highest BCUT2D eigenvalue weighted by Gasteiger charge is 2.28. The molecule has 1 aliphatic rings. The molecular formula is C17H26F3IN4O2. The second-order valence-electron chi connectivity index (χ2n) is 6.11. The first kappa shape index (κ1) is 23.8. The molecule has 2 N–H and O–H groups in total. The minimum absolute atomic E-state index is 0. The van der Waals surface area contributed by atoms with Gasteiger partial charge in [-0.3, -0.25) is 4.99 Å². The summed E-state index contributed by atoms with van der Waals surface area (Å²) in [5.74, 6) is 0.825. The predicted molar refractivity (Wildman–Crippen MR) is 109 cm³/mol. The summed E-state index contributed by atoms with van der Waals surface area (Å²) in [4.78, 5) is 6.37. The van der Waals surface area contributed by atoms with Crippen LogP contribution in [-0.2, 0) is 11.3 Å². The average molecular weight is 502 g/mol. The van der Waals surface area contributed by atoms with E-state index in [1.807, 2.05) is 0 Å². The summed E-state index contributed by atoms with van der Waals surface area (Å²) in [6.45, 7) is 2.37. The van der Waals surface area contributed by atoms with Crippen molar-refractivity contribution in [3.8, 4) is 5.75 Å². The summed E-state index contributed by atoms with van der Waals surface area (Å²) < 4.78 is 46.8. The molecule has 6 nitrogen and oxygen atoms in total. The number of alkyl halides is 3. The molecule has 0 radical (unpaired) electrons. The third-order valence-electron chi connectivity index (χ3n) is 3.85. The topological polar surface area (TPSA) is 58.1 Å². The standard InChI is InChI=1S/C17H25F3N4O2.HI/c1-21-16(23-10-15-11-24(2)7-8-25-15)22-9-13-3-5-14(6-4-13)26-12-17(18,19)20;/h3-6,15H,7-12H2,1-2H3,(H2,21,22,23);1H. The summed E-state index contributed by atoms with van der Waals surface area (Å²) >= 11 is 0. The fourth-order valence-electron chi connectivity index (χ4n) is 2.48. The Morgan fingerprint density at radius 1 is 1.30 bits per heavy atom. The molecule has 1 unspecified atom stereocenters. The lowest BCUT2D eigenvalue weighted by atomic mass is 10.2. The minimum Gasteiger partial charge on any atom is -0.484 e. The van der Waals surface area contributed by atoms with Crippen molar-refractivity contribution in [2.45, 2.75) is 18.8 Å². The van der Waals surface area contributed by atoms with Crippen molar-refractivity contribution in [1.82, 2.24) is 15.5 Å². The lowest BCUT2D eigenvalue weighted by Gasteiger charge is -2.30. The number of nitrogens with one attached hydrogen (secondary N) is 2. The largest absolute Gasteiger partial charge is 0.484 e. The van der Waals surface area contributed by atoms with Crippen LogP contribution in [0.15, 0.2) is 29.3 Å². The summed E-state index contributed by atoms with van der Waals surface area (Å²) in [5.41, 5.74) is 0.904.